The number of rotatable bonds is 10. The number of carbonyl (C=O) groups excluding carboxylic acids is 1. The quantitative estimate of drug-likeness (QED) is 0.107. The highest BCUT2D eigenvalue weighted by molar-refractivity contribution is 7.99. The van der Waals surface area contributed by atoms with E-state index in [9.17, 15) is 14.9 Å². The van der Waals surface area contributed by atoms with Gasteiger partial charge in [0, 0.05) is 26.9 Å². The monoisotopic (exact) mass is 450 g/mol. The van der Waals surface area contributed by atoms with Crippen LogP contribution < -0.4 is 5.32 Å². The van der Waals surface area contributed by atoms with E-state index in [2.05, 4.69) is 15.3 Å². The van der Waals surface area contributed by atoms with E-state index < -0.39 is 41.1 Å². The van der Waals surface area contributed by atoms with Gasteiger partial charge in [0.15, 0.2) is 17.6 Å². The number of thioether (sulfide) groups is 1. The molecule has 1 aliphatic rings. The molecule has 2 heterocycles. The Morgan fingerprint density at radius 2 is 2.14 bits per heavy atom. The molecule has 0 radical (unpaired) electrons. The predicted molar refractivity (Wildman–Crippen MR) is 105 cm³/mol. The van der Waals surface area contributed by atoms with Crippen LogP contribution >= 0.6 is 23.4 Å². The van der Waals surface area contributed by atoms with Crippen LogP contribution in [-0.4, -0.2) is 72.0 Å². The fourth-order valence-electron chi connectivity index (χ4n) is 2.80. The van der Waals surface area contributed by atoms with Gasteiger partial charge in [0.25, 0.3) is 0 Å². The first kappa shape index (κ1) is 23.5. The number of aromatic nitrogens is 2. The molecule has 0 unspecified atom stereocenters. The lowest BCUT2D eigenvalue weighted by atomic mass is 10.1. The van der Waals surface area contributed by atoms with Crippen LogP contribution in [0.2, 0.25) is 5.15 Å². The van der Waals surface area contributed by atoms with Crippen molar-refractivity contribution in [1.82, 2.24) is 9.97 Å². The van der Waals surface area contributed by atoms with Gasteiger partial charge < -0.3 is 24.3 Å². The molecule has 3 atom stereocenters. The smallest absolute Gasteiger partial charge is 0.348 e. The van der Waals surface area contributed by atoms with E-state index in [4.69, 9.17) is 30.5 Å². The van der Waals surface area contributed by atoms with Crippen LogP contribution in [0.1, 0.15) is 20.3 Å². The lowest BCUT2D eigenvalue weighted by Gasteiger charge is -2.27. The summed E-state index contributed by atoms with van der Waals surface area (Å²) in [5.41, 5.74) is -0.465. The van der Waals surface area contributed by atoms with Crippen molar-refractivity contribution in [1.29, 1.82) is 0 Å². The summed E-state index contributed by atoms with van der Waals surface area (Å²) in [6.07, 6.45) is -1.51. The van der Waals surface area contributed by atoms with E-state index in [1.165, 1.54) is 32.9 Å². The number of esters is 1. The van der Waals surface area contributed by atoms with Crippen molar-refractivity contribution in [2.45, 2.75) is 50.0 Å². The molecule has 1 N–H and O–H groups in total. The van der Waals surface area contributed by atoms with Crippen molar-refractivity contribution in [3.8, 4) is 0 Å². The highest BCUT2D eigenvalue weighted by atomic mass is 35.5. The molecular weight excluding hydrogens is 428 g/mol. The first-order chi connectivity index (χ1) is 13.8. The van der Waals surface area contributed by atoms with E-state index in [0.717, 1.165) is 12.2 Å². The second-order valence-electron chi connectivity index (χ2n) is 6.06. The number of hydrogen-bond donors (Lipinski definition) is 1. The van der Waals surface area contributed by atoms with Crippen LogP contribution in [0.25, 0.3) is 0 Å². The van der Waals surface area contributed by atoms with Crippen molar-refractivity contribution in [2.24, 2.45) is 0 Å². The second kappa shape index (κ2) is 10.9. The highest BCUT2D eigenvalue weighted by Gasteiger charge is 2.45. The SMILES string of the molecule is CCCSc1nc(Cl)c([N+](=O)[O-])c(N[C@H]2CO[C@@H](C(OC)OC)[C@@H]2OC(C)=O)n1. The molecule has 0 spiro atoms. The predicted octanol–water partition coefficient (Wildman–Crippen LogP) is 2.27. The van der Waals surface area contributed by atoms with Gasteiger partial charge in [-0.15, -0.1) is 0 Å². The van der Waals surface area contributed by atoms with E-state index in [-0.39, 0.29) is 17.6 Å². The molecule has 1 saturated heterocycles. The van der Waals surface area contributed by atoms with Gasteiger partial charge in [0.2, 0.25) is 11.0 Å². The molecule has 1 aliphatic heterocycles. The standard InChI is InChI=1S/C16H23ClN4O7S/c1-5-6-29-16-19-13(17)10(21(23)24)14(20-16)18-9-7-27-12(15(25-3)26-4)11(9)28-8(2)22/h9,11-12,15H,5-7H2,1-4H3,(H,18,19,20)/t9-,11+,12+/m0/s1. The molecule has 0 bridgehead atoms. The molecule has 0 amide bonds. The minimum Gasteiger partial charge on any atom is -0.457 e. The van der Waals surface area contributed by atoms with E-state index >= 15 is 0 Å². The number of hydrogen-bond acceptors (Lipinski definition) is 11. The Kier molecular flexibility index (Phi) is 8.83. The second-order valence-corrected chi connectivity index (χ2v) is 7.48. The lowest BCUT2D eigenvalue weighted by molar-refractivity contribution is -0.384. The van der Waals surface area contributed by atoms with Crippen molar-refractivity contribution in [3.63, 3.8) is 0 Å². The van der Waals surface area contributed by atoms with Gasteiger partial charge in [-0.2, -0.15) is 4.98 Å². The summed E-state index contributed by atoms with van der Waals surface area (Å²) >= 11 is 7.36. The molecule has 13 heteroatoms. The van der Waals surface area contributed by atoms with E-state index in [0.29, 0.717) is 5.16 Å². The average molecular weight is 451 g/mol. The number of anilines is 1. The number of carbonyl (C=O) groups is 1. The van der Waals surface area contributed by atoms with Crippen LogP contribution in [0.15, 0.2) is 5.16 Å². The van der Waals surface area contributed by atoms with Crippen molar-refractivity contribution < 1.29 is 28.7 Å². The third-order valence-electron chi connectivity index (χ3n) is 3.98. The van der Waals surface area contributed by atoms with Gasteiger partial charge in [-0.1, -0.05) is 30.3 Å². The Bertz CT molecular complexity index is 737. The number of methoxy groups -OCH3 is 2. The van der Waals surface area contributed by atoms with Crippen molar-refractivity contribution in [2.75, 3.05) is 31.9 Å². The third kappa shape index (κ3) is 5.89. The summed E-state index contributed by atoms with van der Waals surface area (Å²) in [6, 6.07) is -0.648. The molecule has 29 heavy (non-hydrogen) atoms. The number of ether oxygens (including phenoxy) is 4. The number of nitro groups is 1. The fraction of sp³-hybridized carbons (Fsp3) is 0.688. The van der Waals surface area contributed by atoms with E-state index in [1.807, 2.05) is 6.92 Å². The first-order valence-electron chi connectivity index (χ1n) is 8.78. The Balaban J connectivity index is 2.35. The maximum atomic E-state index is 11.6. The van der Waals surface area contributed by atoms with Gasteiger partial charge in [-0.25, -0.2) is 4.98 Å². The molecule has 162 valence electrons. The van der Waals surface area contributed by atoms with Crippen molar-refractivity contribution in [3.05, 3.63) is 15.3 Å². The van der Waals surface area contributed by atoms with E-state index in [1.54, 1.807) is 0 Å². The van der Waals surface area contributed by atoms with Crippen LogP contribution in [0.4, 0.5) is 11.5 Å². The number of nitrogens with zero attached hydrogens (tertiary/aromatic N) is 3. The number of halogens is 1. The molecule has 1 aromatic rings. The minimum atomic E-state index is -0.836. The molecule has 1 aromatic heterocycles. The van der Waals surface area contributed by atoms with Gasteiger partial charge in [-0.05, 0) is 6.42 Å². The zero-order valence-corrected chi connectivity index (χ0v) is 18.0. The minimum absolute atomic E-state index is 0.0715. The fourth-order valence-corrected chi connectivity index (χ4v) is 3.79. The summed E-state index contributed by atoms with van der Waals surface area (Å²) < 4.78 is 21.5. The summed E-state index contributed by atoms with van der Waals surface area (Å²) in [7, 11) is 2.85. The lowest BCUT2D eigenvalue weighted by Crippen LogP contribution is -2.45. The van der Waals surface area contributed by atoms with Crippen LogP contribution in [-0.2, 0) is 23.7 Å². The van der Waals surface area contributed by atoms with Crippen molar-refractivity contribution >= 4 is 40.8 Å². The number of nitrogens with one attached hydrogen (secondary N) is 1. The summed E-state index contributed by atoms with van der Waals surface area (Å²) in [5, 5.41) is 14.5. The van der Waals surface area contributed by atoms with Gasteiger partial charge in [-0.3, -0.25) is 14.9 Å². The Morgan fingerprint density at radius 3 is 2.69 bits per heavy atom. The van der Waals surface area contributed by atoms with Crippen LogP contribution in [0.5, 0.6) is 0 Å². The third-order valence-corrected chi connectivity index (χ3v) is 5.30. The summed E-state index contributed by atoms with van der Waals surface area (Å²) in [5.74, 6) is 0.103. The van der Waals surface area contributed by atoms with Gasteiger partial charge in [0.05, 0.1) is 17.6 Å². The molecule has 0 saturated carbocycles. The molecular formula is C16H23ClN4O7S. The maximum absolute atomic E-state index is 11.6. The zero-order valence-electron chi connectivity index (χ0n) is 16.4. The first-order valence-corrected chi connectivity index (χ1v) is 10.1. The molecule has 2 rings (SSSR count). The van der Waals surface area contributed by atoms with Gasteiger partial charge >= 0.3 is 11.7 Å². The molecule has 11 nitrogen and oxygen atoms in total. The highest BCUT2D eigenvalue weighted by Crippen LogP contribution is 2.34. The summed E-state index contributed by atoms with van der Waals surface area (Å²) in [4.78, 5) is 30.7. The Hall–Kier alpha value is -1.73. The Morgan fingerprint density at radius 1 is 1.45 bits per heavy atom. The van der Waals surface area contributed by atoms with Gasteiger partial charge in [0.1, 0.15) is 6.10 Å². The maximum Gasteiger partial charge on any atom is 0.348 e. The normalized spacial score (nSPS) is 21.4. The average Bonchev–Trinajstić information content (AvgIpc) is 3.02. The summed E-state index contributed by atoms with van der Waals surface area (Å²) in [6.45, 7) is 3.31. The largest absolute Gasteiger partial charge is 0.457 e. The van der Waals surface area contributed by atoms with Crippen LogP contribution in [0.3, 0.4) is 0 Å². The molecule has 1 fully saturated rings. The Labute approximate surface area is 176 Å². The topological polar surface area (TPSA) is 135 Å². The zero-order chi connectivity index (χ0) is 21.6. The molecule has 0 aliphatic carbocycles. The van der Waals surface area contributed by atoms with Crippen LogP contribution in [0, 0.1) is 10.1 Å². The molecule has 0 aromatic carbocycles.